The minimum atomic E-state index is -4.03. The first-order valence-corrected chi connectivity index (χ1v) is 9.34. The van der Waals surface area contributed by atoms with Gasteiger partial charge < -0.3 is 9.47 Å². The highest BCUT2D eigenvalue weighted by Crippen LogP contribution is 2.31. The van der Waals surface area contributed by atoms with Gasteiger partial charge >= 0.3 is 0 Å². The number of ether oxygens (including phenoxy) is 2. The first kappa shape index (κ1) is 19.3. The number of amidine groups is 1. The standard InChI is InChI=1S/C17H16N4O6S/c1-20(18-10-11-4-7-14(26-2)15(8-11)27-3)17-13-6-5-12(21(22)23)9-16(13)28(24,25)19-17/h4-10H,1-3H3. The Bertz CT molecular complexity index is 1110. The first-order chi connectivity index (χ1) is 13.3. The summed E-state index contributed by atoms with van der Waals surface area (Å²) in [5, 5.41) is 16.4. The van der Waals surface area contributed by atoms with E-state index in [1.54, 1.807) is 18.2 Å². The highest BCUT2D eigenvalue weighted by atomic mass is 32.2. The lowest BCUT2D eigenvalue weighted by Gasteiger charge is -2.12. The van der Waals surface area contributed by atoms with Crippen LogP contribution in [0.5, 0.6) is 11.5 Å². The van der Waals surface area contributed by atoms with Crippen molar-refractivity contribution in [2.45, 2.75) is 4.90 Å². The third-order valence-corrected chi connectivity index (χ3v) is 5.30. The highest BCUT2D eigenvalue weighted by molar-refractivity contribution is 7.90. The molecular formula is C17H16N4O6S. The van der Waals surface area contributed by atoms with Crippen molar-refractivity contribution in [1.29, 1.82) is 0 Å². The second-order valence-electron chi connectivity index (χ2n) is 5.71. The van der Waals surface area contributed by atoms with Crippen molar-refractivity contribution in [2.75, 3.05) is 21.3 Å². The van der Waals surface area contributed by atoms with Crippen molar-refractivity contribution >= 4 is 27.8 Å². The Balaban J connectivity index is 1.91. The Morgan fingerprint density at radius 2 is 1.86 bits per heavy atom. The van der Waals surface area contributed by atoms with E-state index in [0.717, 1.165) is 6.07 Å². The molecule has 0 N–H and O–H groups in total. The lowest BCUT2D eigenvalue weighted by atomic mass is 10.2. The highest BCUT2D eigenvalue weighted by Gasteiger charge is 2.32. The molecule has 0 amide bonds. The van der Waals surface area contributed by atoms with Crippen molar-refractivity contribution in [3.8, 4) is 11.5 Å². The van der Waals surface area contributed by atoms with Crippen LogP contribution in [0.4, 0.5) is 5.69 Å². The average molecular weight is 404 g/mol. The van der Waals surface area contributed by atoms with Gasteiger partial charge in [-0.1, -0.05) is 0 Å². The summed E-state index contributed by atoms with van der Waals surface area (Å²) >= 11 is 0. The van der Waals surface area contributed by atoms with Crippen LogP contribution in [0.3, 0.4) is 0 Å². The maximum absolute atomic E-state index is 12.3. The Labute approximate surface area is 160 Å². The van der Waals surface area contributed by atoms with Gasteiger partial charge in [0.1, 0.15) is 4.90 Å². The van der Waals surface area contributed by atoms with Crippen LogP contribution in [0.25, 0.3) is 0 Å². The Hall–Kier alpha value is -3.47. The van der Waals surface area contributed by atoms with Crippen LogP contribution in [0, 0.1) is 10.1 Å². The van der Waals surface area contributed by atoms with Gasteiger partial charge in [-0.15, -0.1) is 4.40 Å². The predicted molar refractivity (Wildman–Crippen MR) is 102 cm³/mol. The molecule has 0 aromatic heterocycles. The number of hydrogen-bond donors (Lipinski definition) is 0. The molecular weight excluding hydrogens is 388 g/mol. The van der Waals surface area contributed by atoms with Gasteiger partial charge in [-0.3, -0.25) is 10.1 Å². The molecule has 0 saturated heterocycles. The van der Waals surface area contributed by atoms with Crippen molar-refractivity contribution in [1.82, 2.24) is 5.01 Å². The van der Waals surface area contributed by atoms with E-state index in [0.29, 0.717) is 17.1 Å². The lowest BCUT2D eigenvalue weighted by Crippen LogP contribution is -2.21. The third kappa shape index (κ3) is 3.51. The number of hydrazone groups is 1. The molecule has 0 aliphatic carbocycles. The van der Waals surface area contributed by atoms with Gasteiger partial charge in [0.2, 0.25) is 0 Å². The summed E-state index contributed by atoms with van der Waals surface area (Å²) < 4.78 is 38.6. The monoisotopic (exact) mass is 404 g/mol. The van der Waals surface area contributed by atoms with E-state index in [1.807, 2.05) is 0 Å². The number of sulfonamides is 1. The molecule has 2 aromatic rings. The van der Waals surface area contributed by atoms with Crippen LogP contribution in [0.2, 0.25) is 0 Å². The number of hydrogen-bond acceptors (Lipinski definition) is 8. The summed E-state index contributed by atoms with van der Waals surface area (Å²) in [6.07, 6.45) is 1.50. The van der Waals surface area contributed by atoms with Crippen LogP contribution in [0.1, 0.15) is 11.1 Å². The van der Waals surface area contributed by atoms with Crippen LogP contribution in [-0.4, -0.2) is 51.7 Å². The SMILES string of the molecule is COc1ccc(C=NN(C)C2=NS(=O)(=O)c3cc([N+](=O)[O-])ccc32)cc1OC. The molecule has 1 aliphatic rings. The molecule has 2 aromatic carbocycles. The van der Waals surface area contributed by atoms with E-state index in [2.05, 4.69) is 9.50 Å². The van der Waals surface area contributed by atoms with Gasteiger partial charge in [0.25, 0.3) is 15.7 Å². The van der Waals surface area contributed by atoms with Crippen LogP contribution in [0.15, 0.2) is 50.8 Å². The number of nitrogens with zero attached hydrogens (tertiary/aromatic N) is 4. The fraction of sp³-hybridized carbons (Fsp3) is 0.176. The number of non-ortho nitro benzene ring substituents is 1. The van der Waals surface area contributed by atoms with Crippen LogP contribution < -0.4 is 9.47 Å². The van der Waals surface area contributed by atoms with Gasteiger partial charge in [0, 0.05) is 24.7 Å². The van der Waals surface area contributed by atoms with Gasteiger partial charge in [0.05, 0.1) is 25.4 Å². The quantitative estimate of drug-likeness (QED) is 0.424. The summed E-state index contributed by atoms with van der Waals surface area (Å²) in [7, 11) is 0.544. The van der Waals surface area contributed by atoms with Crippen LogP contribution >= 0.6 is 0 Å². The minimum absolute atomic E-state index is 0.0709. The zero-order valence-electron chi connectivity index (χ0n) is 15.2. The molecule has 0 bridgehead atoms. The molecule has 28 heavy (non-hydrogen) atoms. The van der Waals surface area contributed by atoms with Crippen molar-refractivity contribution in [2.24, 2.45) is 9.50 Å². The number of benzene rings is 2. The Kier molecular flexibility index (Phi) is 5.01. The fourth-order valence-corrected chi connectivity index (χ4v) is 3.86. The summed E-state index contributed by atoms with van der Waals surface area (Å²) in [6, 6.07) is 8.74. The number of fused-ring (bicyclic) bond motifs is 1. The van der Waals surface area contributed by atoms with E-state index < -0.39 is 14.9 Å². The van der Waals surface area contributed by atoms with E-state index >= 15 is 0 Å². The van der Waals surface area contributed by atoms with Crippen molar-refractivity contribution < 1.29 is 22.8 Å². The van der Waals surface area contributed by atoms with Gasteiger partial charge in [-0.2, -0.15) is 13.5 Å². The molecule has 0 unspecified atom stereocenters. The van der Waals surface area contributed by atoms with E-state index in [-0.39, 0.29) is 22.0 Å². The molecule has 0 fully saturated rings. The molecule has 1 heterocycles. The molecule has 11 heteroatoms. The topological polar surface area (TPSA) is 124 Å². The second kappa shape index (κ2) is 7.27. The molecule has 0 radical (unpaired) electrons. The third-order valence-electron chi connectivity index (χ3n) is 4.00. The van der Waals surface area contributed by atoms with E-state index in [4.69, 9.17) is 9.47 Å². The van der Waals surface area contributed by atoms with Gasteiger partial charge in [-0.25, -0.2) is 5.01 Å². The normalized spacial score (nSPS) is 14.5. The largest absolute Gasteiger partial charge is 0.493 e. The number of rotatable bonds is 5. The van der Waals surface area contributed by atoms with Crippen molar-refractivity contribution in [3.05, 3.63) is 57.6 Å². The Morgan fingerprint density at radius 1 is 1.14 bits per heavy atom. The minimum Gasteiger partial charge on any atom is -0.493 e. The summed E-state index contributed by atoms with van der Waals surface area (Å²) in [6.45, 7) is 0. The molecule has 0 saturated carbocycles. The maximum atomic E-state index is 12.3. The van der Waals surface area contributed by atoms with Crippen molar-refractivity contribution in [3.63, 3.8) is 0 Å². The van der Waals surface area contributed by atoms with Gasteiger partial charge in [0.15, 0.2) is 17.3 Å². The first-order valence-electron chi connectivity index (χ1n) is 7.90. The number of nitro benzene ring substituents is 1. The second-order valence-corrected chi connectivity index (χ2v) is 7.28. The molecule has 10 nitrogen and oxygen atoms in total. The van der Waals surface area contributed by atoms with Crippen LogP contribution in [-0.2, 0) is 10.0 Å². The number of nitro groups is 1. The summed E-state index contributed by atoms with van der Waals surface area (Å²) in [5.41, 5.74) is 0.614. The smallest absolute Gasteiger partial charge is 0.285 e. The summed E-state index contributed by atoms with van der Waals surface area (Å²) in [5.74, 6) is 1.16. The molecule has 0 spiro atoms. The lowest BCUT2D eigenvalue weighted by molar-refractivity contribution is -0.385. The van der Waals surface area contributed by atoms with Gasteiger partial charge in [-0.05, 0) is 29.8 Å². The molecule has 146 valence electrons. The Morgan fingerprint density at radius 3 is 2.50 bits per heavy atom. The van der Waals surface area contributed by atoms with E-state index in [1.165, 1.54) is 44.6 Å². The zero-order valence-corrected chi connectivity index (χ0v) is 16.0. The zero-order chi connectivity index (χ0) is 20.5. The summed E-state index contributed by atoms with van der Waals surface area (Å²) in [4.78, 5) is 10.0. The maximum Gasteiger partial charge on any atom is 0.285 e. The predicted octanol–water partition coefficient (Wildman–Crippen LogP) is 2.03. The number of methoxy groups -OCH3 is 2. The van der Waals surface area contributed by atoms with E-state index in [9.17, 15) is 18.5 Å². The molecule has 0 atom stereocenters. The average Bonchev–Trinajstić information content (AvgIpc) is 2.96. The molecule has 1 aliphatic heterocycles. The molecule has 3 rings (SSSR count). The fourth-order valence-electron chi connectivity index (χ4n) is 2.61.